The van der Waals surface area contributed by atoms with Crippen LogP contribution in [0.15, 0.2) is 24.3 Å². The van der Waals surface area contributed by atoms with Crippen molar-refractivity contribution >= 4 is 0 Å². The van der Waals surface area contributed by atoms with Crippen LogP contribution in [-0.4, -0.2) is 37.2 Å². The van der Waals surface area contributed by atoms with Gasteiger partial charge in [-0.05, 0) is 44.0 Å². The topological polar surface area (TPSA) is 24.5 Å². The standard InChI is InChI=1S/C16H26N2O/c1-3-18(15-8-9-15)11-10-17-13-14-6-5-7-16(12-14)19-4-2/h5-7,12,15,17H,3-4,8-11,13H2,1-2H3. The van der Waals surface area contributed by atoms with Gasteiger partial charge in [-0.2, -0.15) is 0 Å². The molecule has 1 aliphatic rings. The van der Waals surface area contributed by atoms with E-state index in [-0.39, 0.29) is 0 Å². The van der Waals surface area contributed by atoms with Crippen molar-refractivity contribution in [2.75, 3.05) is 26.2 Å². The molecule has 1 saturated carbocycles. The van der Waals surface area contributed by atoms with Gasteiger partial charge in [-0.1, -0.05) is 19.1 Å². The normalized spacial score (nSPS) is 14.9. The van der Waals surface area contributed by atoms with E-state index in [4.69, 9.17) is 4.74 Å². The second-order valence-electron chi connectivity index (χ2n) is 5.12. The number of nitrogens with one attached hydrogen (secondary N) is 1. The molecule has 0 heterocycles. The summed E-state index contributed by atoms with van der Waals surface area (Å²) in [6.45, 7) is 9.31. The van der Waals surface area contributed by atoms with Crippen LogP contribution in [0.4, 0.5) is 0 Å². The monoisotopic (exact) mass is 262 g/mol. The van der Waals surface area contributed by atoms with Gasteiger partial charge in [0, 0.05) is 25.7 Å². The highest BCUT2D eigenvalue weighted by molar-refractivity contribution is 5.28. The highest BCUT2D eigenvalue weighted by Crippen LogP contribution is 2.25. The number of hydrogen-bond acceptors (Lipinski definition) is 3. The Morgan fingerprint density at radius 3 is 2.84 bits per heavy atom. The fourth-order valence-corrected chi connectivity index (χ4v) is 2.41. The Labute approximate surface area is 116 Å². The molecule has 0 saturated heterocycles. The zero-order valence-corrected chi connectivity index (χ0v) is 12.2. The second kappa shape index (κ2) is 7.51. The summed E-state index contributed by atoms with van der Waals surface area (Å²) in [5.41, 5.74) is 1.29. The lowest BCUT2D eigenvalue weighted by molar-refractivity contribution is 0.277. The van der Waals surface area contributed by atoms with Crippen molar-refractivity contribution < 1.29 is 4.74 Å². The Morgan fingerprint density at radius 1 is 1.32 bits per heavy atom. The van der Waals surface area contributed by atoms with Crippen LogP contribution in [0, 0.1) is 0 Å². The van der Waals surface area contributed by atoms with Crippen molar-refractivity contribution in [3.8, 4) is 5.75 Å². The van der Waals surface area contributed by atoms with Crippen molar-refractivity contribution in [3.63, 3.8) is 0 Å². The molecule has 1 aliphatic carbocycles. The maximum absolute atomic E-state index is 5.51. The highest BCUT2D eigenvalue weighted by Gasteiger charge is 2.26. The van der Waals surface area contributed by atoms with Crippen LogP contribution < -0.4 is 10.1 Å². The predicted molar refractivity (Wildman–Crippen MR) is 79.6 cm³/mol. The molecule has 2 rings (SSSR count). The fourth-order valence-electron chi connectivity index (χ4n) is 2.41. The number of ether oxygens (including phenoxy) is 1. The molecule has 0 radical (unpaired) electrons. The van der Waals surface area contributed by atoms with Gasteiger partial charge in [-0.25, -0.2) is 0 Å². The summed E-state index contributed by atoms with van der Waals surface area (Å²) >= 11 is 0. The molecule has 0 amide bonds. The third-order valence-electron chi connectivity index (χ3n) is 3.58. The Kier molecular flexibility index (Phi) is 5.67. The first-order valence-electron chi connectivity index (χ1n) is 7.50. The molecule has 1 N–H and O–H groups in total. The maximum atomic E-state index is 5.51. The van der Waals surface area contributed by atoms with Crippen molar-refractivity contribution in [2.24, 2.45) is 0 Å². The molecular formula is C16H26N2O. The lowest BCUT2D eigenvalue weighted by Gasteiger charge is -2.19. The Morgan fingerprint density at radius 2 is 2.16 bits per heavy atom. The summed E-state index contributed by atoms with van der Waals surface area (Å²) in [4.78, 5) is 2.57. The van der Waals surface area contributed by atoms with Crippen LogP contribution in [0.2, 0.25) is 0 Å². The summed E-state index contributed by atoms with van der Waals surface area (Å²) in [5.74, 6) is 0.968. The molecule has 0 aliphatic heterocycles. The minimum Gasteiger partial charge on any atom is -0.494 e. The summed E-state index contributed by atoms with van der Waals surface area (Å²) < 4.78 is 5.51. The first-order chi connectivity index (χ1) is 9.33. The molecule has 3 nitrogen and oxygen atoms in total. The van der Waals surface area contributed by atoms with Gasteiger partial charge in [0.15, 0.2) is 0 Å². The van der Waals surface area contributed by atoms with Gasteiger partial charge < -0.3 is 10.1 Å². The van der Waals surface area contributed by atoms with E-state index in [0.717, 1.165) is 38.0 Å². The molecule has 19 heavy (non-hydrogen) atoms. The number of likely N-dealkylation sites (N-methyl/N-ethyl adjacent to an activating group) is 1. The Bertz CT molecular complexity index is 377. The van der Waals surface area contributed by atoms with Crippen LogP contribution in [0.25, 0.3) is 0 Å². The van der Waals surface area contributed by atoms with Gasteiger partial charge in [0.1, 0.15) is 5.75 Å². The molecule has 0 atom stereocenters. The summed E-state index contributed by atoms with van der Waals surface area (Å²) in [7, 11) is 0. The summed E-state index contributed by atoms with van der Waals surface area (Å²) in [5, 5.41) is 3.52. The molecule has 0 aromatic heterocycles. The molecule has 106 valence electrons. The fraction of sp³-hybridized carbons (Fsp3) is 0.625. The SMILES string of the molecule is CCOc1cccc(CNCCN(CC)C2CC2)c1. The van der Waals surface area contributed by atoms with Gasteiger partial charge in [0.2, 0.25) is 0 Å². The van der Waals surface area contributed by atoms with Crippen LogP contribution in [0.3, 0.4) is 0 Å². The lowest BCUT2D eigenvalue weighted by Crippen LogP contribution is -2.33. The number of hydrogen-bond donors (Lipinski definition) is 1. The van der Waals surface area contributed by atoms with Crippen LogP contribution in [0.5, 0.6) is 5.75 Å². The van der Waals surface area contributed by atoms with Crippen LogP contribution in [-0.2, 0) is 6.54 Å². The minimum atomic E-state index is 0.726. The molecule has 1 fully saturated rings. The third kappa shape index (κ3) is 4.84. The summed E-state index contributed by atoms with van der Waals surface area (Å²) in [6.07, 6.45) is 2.79. The zero-order chi connectivity index (χ0) is 13.5. The molecule has 1 aromatic carbocycles. The van der Waals surface area contributed by atoms with Gasteiger partial charge in [0.25, 0.3) is 0 Å². The average Bonchev–Trinajstić information content (AvgIpc) is 3.24. The van der Waals surface area contributed by atoms with E-state index in [1.165, 1.54) is 24.9 Å². The van der Waals surface area contributed by atoms with E-state index in [1.54, 1.807) is 0 Å². The Hall–Kier alpha value is -1.06. The van der Waals surface area contributed by atoms with E-state index in [1.807, 2.05) is 13.0 Å². The van der Waals surface area contributed by atoms with E-state index in [2.05, 4.69) is 35.3 Å². The highest BCUT2D eigenvalue weighted by atomic mass is 16.5. The number of nitrogens with zero attached hydrogens (tertiary/aromatic N) is 1. The largest absolute Gasteiger partial charge is 0.494 e. The second-order valence-corrected chi connectivity index (χ2v) is 5.12. The van der Waals surface area contributed by atoms with Crippen molar-refractivity contribution in [1.29, 1.82) is 0 Å². The van der Waals surface area contributed by atoms with Gasteiger partial charge in [-0.3, -0.25) is 4.90 Å². The quantitative estimate of drug-likeness (QED) is 0.692. The van der Waals surface area contributed by atoms with Crippen molar-refractivity contribution in [1.82, 2.24) is 10.2 Å². The van der Waals surface area contributed by atoms with Gasteiger partial charge >= 0.3 is 0 Å². The van der Waals surface area contributed by atoms with Crippen molar-refractivity contribution in [3.05, 3.63) is 29.8 Å². The van der Waals surface area contributed by atoms with Gasteiger partial charge in [-0.15, -0.1) is 0 Å². The lowest BCUT2D eigenvalue weighted by atomic mass is 10.2. The minimum absolute atomic E-state index is 0.726. The molecule has 0 bridgehead atoms. The first kappa shape index (κ1) is 14.4. The number of benzene rings is 1. The third-order valence-corrected chi connectivity index (χ3v) is 3.58. The molecule has 3 heteroatoms. The van der Waals surface area contributed by atoms with E-state index < -0.39 is 0 Å². The van der Waals surface area contributed by atoms with Crippen molar-refractivity contribution in [2.45, 2.75) is 39.3 Å². The van der Waals surface area contributed by atoms with E-state index in [9.17, 15) is 0 Å². The average molecular weight is 262 g/mol. The number of rotatable bonds is 9. The van der Waals surface area contributed by atoms with E-state index in [0.29, 0.717) is 0 Å². The molecule has 1 aromatic rings. The van der Waals surface area contributed by atoms with Crippen LogP contribution >= 0.6 is 0 Å². The molecule has 0 unspecified atom stereocenters. The first-order valence-corrected chi connectivity index (χ1v) is 7.50. The zero-order valence-electron chi connectivity index (χ0n) is 12.2. The molecule has 0 spiro atoms. The predicted octanol–water partition coefficient (Wildman–Crippen LogP) is 2.66. The molecular weight excluding hydrogens is 236 g/mol. The summed E-state index contributed by atoms with van der Waals surface area (Å²) in [6, 6.07) is 9.21. The maximum Gasteiger partial charge on any atom is 0.119 e. The van der Waals surface area contributed by atoms with Crippen LogP contribution in [0.1, 0.15) is 32.3 Å². The van der Waals surface area contributed by atoms with Gasteiger partial charge in [0.05, 0.1) is 6.61 Å². The Balaban J connectivity index is 1.68. The smallest absolute Gasteiger partial charge is 0.119 e. The van der Waals surface area contributed by atoms with E-state index >= 15 is 0 Å².